The fourth-order valence-electron chi connectivity index (χ4n) is 3.19. The number of nitrogens with zero attached hydrogens (tertiary/aromatic N) is 3. The Morgan fingerprint density at radius 1 is 1.38 bits per heavy atom. The number of hydrogen-bond acceptors (Lipinski definition) is 3. The van der Waals surface area contributed by atoms with Crippen LogP contribution in [0.1, 0.15) is 25.3 Å². The summed E-state index contributed by atoms with van der Waals surface area (Å²) in [5.41, 5.74) is 0.843. The molecule has 0 saturated heterocycles. The first-order chi connectivity index (χ1) is 10.2. The lowest BCUT2D eigenvalue weighted by atomic mass is 9.62. The number of rotatable bonds is 5. The molecule has 4 heteroatoms. The van der Waals surface area contributed by atoms with Gasteiger partial charge in [-0.2, -0.15) is 10.4 Å². The van der Waals surface area contributed by atoms with Crippen molar-refractivity contribution in [3.05, 3.63) is 54.4 Å². The van der Waals surface area contributed by atoms with Crippen LogP contribution in [0.25, 0.3) is 0 Å². The number of aromatic nitrogens is 2. The van der Waals surface area contributed by atoms with Crippen molar-refractivity contribution in [3.8, 4) is 6.07 Å². The highest BCUT2D eigenvalue weighted by Crippen LogP contribution is 2.43. The molecule has 0 aliphatic heterocycles. The molecule has 1 atom stereocenters. The highest BCUT2D eigenvalue weighted by molar-refractivity contribution is 5.36. The van der Waals surface area contributed by atoms with E-state index in [-0.39, 0.29) is 5.41 Å². The molecule has 1 aliphatic rings. The standard InChI is InChI=1S/C17H20N4/c1-14(12-21-9-5-8-19-21)20-16-10-17(11-16,13-18)15-6-3-2-4-7-15/h2-9,14,16,20H,10-12H2,1H3. The van der Waals surface area contributed by atoms with Crippen molar-refractivity contribution >= 4 is 0 Å². The Labute approximate surface area is 125 Å². The van der Waals surface area contributed by atoms with Gasteiger partial charge in [-0.25, -0.2) is 0 Å². The van der Waals surface area contributed by atoms with Gasteiger partial charge in [0.2, 0.25) is 0 Å². The second kappa shape index (κ2) is 5.71. The third-order valence-electron chi connectivity index (χ3n) is 4.27. The van der Waals surface area contributed by atoms with Gasteiger partial charge >= 0.3 is 0 Å². The maximum Gasteiger partial charge on any atom is 0.0852 e. The normalized spacial score (nSPS) is 25.8. The van der Waals surface area contributed by atoms with Crippen molar-refractivity contribution in [2.45, 2.75) is 43.8 Å². The smallest absolute Gasteiger partial charge is 0.0852 e. The zero-order valence-corrected chi connectivity index (χ0v) is 12.2. The van der Waals surface area contributed by atoms with Crippen molar-refractivity contribution in [1.82, 2.24) is 15.1 Å². The summed E-state index contributed by atoms with van der Waals surface area (Å²) < 4.78 is 1.94. The maximum absolute atomic E-state index is 9.56. The molecule has 1 N–H and O–H groups in total. The lowest BCUT2D eigenvalue weighted by Crippen LogP contribution is -2.53. The van der Waals surface area contributed by atoms with Gasteiger partial charge in [-0.05, 0) is 31.4 Å². The Bertz CT molecular complexity index is 606. The molecule has 21 heavy (non-hydrogen) atoms. The quantitative estimate of drug-likeness (QED) is 0.915. The molecule has 1 heterocycles. The summed E-state index contributed by atoms with van der Waals surface area (Å²) in [5.74, 6) is 0. The van der Waals surface area contributed by atoms with E-state index in [0.29, 0.717) is 12.1 Å². The molecule has 1 unspecified atom stereocenters. The third kappa shape index (κ3) is 2.84. The summed E-state index contributed by atoms with van der Waals surface area (Å²) in [6, 6.07) is 15.4. The van der Waals surface area contributed by atoms with Gasteiger partial charge in [0.25, 0.3) is 0 Å². The number of nitrogens with one attached hydrogen (secondary N) is 1. The Morgan fingerprint density at radius 2 is 2.14 bits per heavy atom. The molecule has 2 aromatic rings. The van der Waals surface area contributed by atoms with Gasteiger partial charge in [-0.1, -0.05) is 30.3 Å². The van der Waals surface area contributed by atoms with E-state index in [0.717, 1.165) is 24.9 Å². The van der Waals surface area contributed by atoms with E-state index < -0.39 is 0 Å². The molecule has 1 fully saturated rings. The van der Waals surface area contributed by atoms with E-state index in [1.54, 1.807) is 6.20 Å². The van der Waals surface area contributed by atoms with Gasteiger partial charge < -0.3 is 5.32 Å². The monoisotopic (exact) mass is 280 g/mol. The van der Waals surface area contributed by atoms with E-state index in [4.69, 9.17) is 0 Å². The SMILES string of the molecule is CC(Cn1cccn1)NC1CC(C#N)(c2ccccc2)C1. The van der Waals surface area contributed by atoms with E-state index >= 15 is 0 Å². The van der Waals surface area contributed by atoms with Gasteiger partial charge in [-0.3, -0.25) is 4.68 Å². The molecule has 0 amide bonds. The van der Waals surface area contributed by atoms with Gasteiger partial charge in [-0.15, -0.1) is 0 Å². The summed E-state index contributed by atoms with van der Waals surface area (Å²) in [6.45, 7) is 3.02. The molecule has 1 aromatic carbocycles. The first-order valence-electron chi connectivity index (χ1n) is 7.42. The van der Waals surface area contributed by atoms with Crippen LogP contribution in [0.3, 0.4) is 0 Å². The highest BCUT2D eigenvalue weighted by atomic mass is 15.3. The molecular weight excluding hydrogens is 260 g/mol. The summed E-state index contributed by atoms with van der Waals surface area (Å²) >= 11 is 0. The predicted octanol–water partition coefficient (Wildman–Crippen LogP) is 2.49. The average molecular weight is 280 g/mol. The Balaban J connectivity index is 1.56. The largest absolute Gasteiger partial charge is 0.310 e. The lowest BCUT2D eigenvalue weighted by molar-refractivity contribution is 0.205. The minimum absolute atomic E-state index is 0.301. The highest BCUT2D eigenvalue weighted by Gasteiger charge is 2.46. The molecule has 4 nitrogen and oxygen atoms in total. The minimum atomic E-state index is -0.301. The van der Waals surface area contributed by atoms with Crippen molar-refractivity contribution in [2.24, 2.45) is 0 Å². The van der Waals surface area contributed by atoms with Gasteiger partial charge in [0.05, 0.1) is 18.0 Å². The first-order valence-corrected chi connectivity index (χ1v) is 7.42. The zero-order valence-electron chi connectivity index (χ0n) is 12.2. The van der Waals surface area contributed by atoms with Crippen LogP contribution in [-0.4, -0.2) is 21.9 Å². The van der Waals surface area contributed by atoms with E-state index in [1.807, 2.05) is 35.1 Å². The Kier molecular flexibility index (Phi) is 3.76. The molecular formula is C17H20N4. The Morgan fingerprint density at radius 3 is 2.76 bits per heavy atom. The van der Waals surface area contributed by atoms with Crippen molar-refractivity contribution < 1.29 is 0 Å². The number of nitriles is 1. The minimum Gasteiger partial charge on any atom is -0.310 e. The van der Waals surface area contributed by atoms with Crippen molar-refractivity contribution in [3.63, 3.8) is 0 Å². The predicted molar refractivity (Wildman–Crippen MR) is 81.6 cm³/mol. The van der Waals surface area contributed by atoms with Crippen LogP contribution in [0.5, 0.6) is 0 Å². The average Bonchev–Trinajstić information content (AvgIpc) is 2.96. The van der Waals surface area contributed by atoms with Crippen LogP contribution in [0.4, 0.5) is 0 Å². The topological polar surface area (TPSA) is 53.6 Å². The lowest BCUT2D eigenvalue weighted by Gasteiger charge is -2.44. The van der Waals surface area contributed by atoms with E-state index in [9.17, 15) is 5.26 Å². The van der Waals surface area contributed by atoms with E-state index in [2.05, 4.69) is 35.5 Å². The molecule has 1 aliphatic carbocycles. The van der Waals surface area contributed by atoms with Crippen LogP contribution in [0.2, 0.25) is 0 Å². The van der Waals surface area contributed by atoms with Gasteiger partial charge in [0.15, 0.2) is 0 Å². The van der Waals surface area contributed by atoms with Crippen molar-refractivity contribution in [1.29, 1.82) is 5.26 Å². The molecule has 1 aromatic heterocycles. The van der Waals surface area contributed by atoms with Crippen LogP contribution >= 0.6 is 0 Å². The summed E-state index contributed by atoms with van der Waals surface area (Å²) in [4.78, 5) is 0. The summed E-state index contributed by atoms with van der Waals surface area (Å²) in [5, 5.41) is 17.4. The van der Waals surface area contributed by atoms with Crippen molar-refractivity contribution in [2.75, 3.05) is 0 Å². The van der Waals surface area contributed by atoms with Crippen LogP contribution in [0.15, 0.2) is 48.8 Å². The second-order valence-corrected chi connectivity index (χ2v) is 5.96. The fourth-order valence-corrected chi connectivity index (χ4v) is 3.19. The van der Waals surface area contributed by atoms with Crippen LogP contribution < -0.4 is 5.32 Å². The summed E-state index contributed by atoms with van der Waals surface area (Å²) in [7, 11) is 0. The zero-order chi connectivity index (χ0) is 14.7. The molecule has 0 spiro atoms. The van der Waals surface area contributed by atoms with Crippen LogP contribution in [0, 0.1) is 11.3 Å². The first kappa shape index (κ1) is 13.8. The number of benzene rings is 1. The third-order valence-corrected chi connectivity index (χ3v) is 4.27. The van der Waals surface area contributed by atoms with Gasteiger partial charge in [0, 0.05) is 24.5 Å². The van der Waals surface area contributed by atoms with E-state index in [1.165, 1.54) is 0 Å². The maximum atomic E-state index is 9.56. The van der Waals surface area contributed by atoms with Gasteiger partial charge in [0.1, 0.15) is 0 Å². The molecule has 108 valence electrons. The fraction of sp³-hybridized carbons (Fsp3) is 0.412. The van der Waals surface area contributed by atoms with Crippen LogP contribution in [-0.2, 0) is 12.0 Å². The second-order valence-electron chi connectivity index (χ2n) is 5.96. The Hall–Kier alpha value is -2.12. The molecule has 0 bridgehead atoms. The number of hydrogen-bond donors (Lipinski definition) is 1. The molecule has 0 radical (unpaired) electrons. The molecule has 1 saturated carbocycles. The molecule has 3 rings (SSSR count). The summed E-state index contributed by atoms with van der Waals surface area (Å²) in [6.07, 6.45) is 5.54.